The van der Waals surface area contributed by atoms with Gasteiger partial charge in [0, 0.05) is 6.54 Å². The van der Waals surface area contributed by atoms with Crippen LogP contribution in [0.2, 0.25) is 0 Å². The zero-order valence-corrected chi connectivity index (χ0v) is 9.11. The van der Waals surface area contributed by atoms with Crippen LogP contribution in [0.1, 0.15) is 19.7 Å². The molecular weight excluding hydrogens is 198 g/mol. The third kappa shape index (κ3) is 2.66. The summed E-state index contributed by atoms with van der Waals surface area (Å²) in [5.41, 5.74) is 0. The predicted octanol–water partition coefficient (Wildman–Crippen LogP) is 0.941. The molecule has 0 aromatic carbocycles. The quantitative estimate of drug-likeness (QED) is 0.805. The second-order valence-electron chi connectivity index (χ2n) is 3.98. The molecule has 84 valence electrons. The Morgan fingerprint density at radius 2 is 2.33 bits per heavy atom. The van der Waals surface area contributed by atoms with Crippen LogP contribution in [0.3, 0.4) is 0 Å². The van der Waals surface area contributed by atoms with E-state index in [2.05, 4.69) is 15.5 Å². The Balaban J connectivity index is 1.80. The van der Waals surface area contributed by atoms with Crippen molar-refractivity contribution in [3.05, 3.63) is 5.82 Å². The van der Waals surface area contributed by atoms with Gasteiger partial charge in [-0.3, -0.25) is 0 Å². The minimum atomic E-state index is -0.489. The second kappa shape index (κ2) is 3.79. The highest BCUT2D eigenvalue weighted by atomic mass is 16.7. The topological polar surface area (TPSA) is 69.4 Å². The van der Waals surface area contributed by atoms with E-state index in [0.717, 1.165) is 0 Å². The second-order valence-corrected chi connectivity index (χ2v) is 3.98. The fourth-order valence-corrected chi connectivity index (χ4v) is 1.43. The van der Waals surface area contributed by atoms with Crippen LogP contribution < -0.4 is 5.32 Å². The highest BCUT2D eigenvalue weighted by Gasteiger charge is 2.32. The molecule has 0 amide bonds. The van der Waals surface area contributed by atoms with E-state index in [0.29, 0.717) is 25.0 Å². The highest BCUT2D eigenvalue weighted by molar-refractivity contribution is 5.18. The summed E-state index contributed by atoms with van der Waals surface area (Å²) in [6.45, 7) is 6.73. The van der Waals surface area contributed by atoms with Gasteiger partial charge in [0.05, 0.1) is 6.61 Å². The number of nitrogens with zero attached hydrogens (tertiary/aromatic N) is 2. The van der Waals surface area contributed by atoms with E-state index >= 15 is 0 Å². The van der Waals surface area contributed by atoms with Crippen LogP contribution in [-0.2, 0) is 9.47 Å². The molecule has 1 aliphatic heterocycles. The molecule has 0 saturated carbocycles. The van der Waals surface area contributed by atoms with Crippen molar-refractivity contribution in [2.24, 2.45) is 0 Å². The largest absolute Gasteiger partial charge is 0.348 e. The van der Waals surface area contributed by atoms with Gasteiger partial charge in [0.2, 0.25) is 0 Å². The zero-order chi connectivity index (χ0) is 10.9. The minimum absolute atomic E-state index is 0.0206. The monoisotopic (exact) mass is 213 g/mol. The van der Waals surface area contributed by atoms with Gasteiger partial charge in [-0.25, -0.2) is 0 Å². The highest BCUT2D eigenvalue weighted by Crippen LogP contribution is 2.22. The Morgan fingerprint density at radius 1 is 1.53 bits per heavy atom. The number of rotatable bonds is 3. The molecule has 6 heteroatoms. The van der Waals surface area contributed by atoms with Crippen LogP contribution in [0.25, 0.3) is 0 Å². The lowest BCUT2D eigenvalue weighted by Gasteiger charge is -2.16. The molecule has 0 aliphatic carbocycles. The molecule has 1 aromatic heterocycles. The van der Waals surface area contributed by atoms with Gasteiger partial charge in [-0.1, -0.05) is 5.16 Å². The van der Waals surface area contributed by atoms with Crippen LogP contribution in [-0.4, -0.2) is 35.2 Å². The lowest BCUT2D eigenvalue weighted by Crippen LogP contribution is -2.26. The van der Waals surface area contributed by atoms with Gasteiger partial charge in [-0.2, -0.15) is 4.98 Å². The third-order valence-corrected chi connectivity index (χ3v) is 2.08. The molecule has 2 rings (SSSR count). The van der Waals surface area contributed by atoms with Crippen LogP contribution in [0.5, 0.6) is 0 Å². The molecule has 0 radical (unpaired) electrons. The maximum Gasteiger partial charge on any atom is 0.321 e. The summed E-state index contributed by atoms with van der Waals surface area (Å²) in [6.07, 6.45) is 0.0206. The number of anilines is 1. The number of aryl methyl sites for hydroxylation is 1. The summed E-state index contributed by atoms with van der Waals surface area (Å²) in [5.74, 6) is 0.123. The van der Waals surface area contributed by atoms with Gasteiger partial charge in [-0.05, 0) is 20.8 Å². The Bertz CT molecular complexity index is 337. The van der Waals surface area contributed by atoms with Crippen molar-refractivity contribution in [3.8, 4) is 0 Å². The summed E-state index contributed by atoms with van der Waals surface area (Å²) in [4.78, 5) is 4.02. The summed E-state index contributed by atoms with van der Waals surface area (Å²) in [7, 11) is 0. The molecule has 2 heterocycles. The Morgan fingerprint density at radius 3 is 2.87 bits per heavy atom. The van der Waals surface area contributed by atoms with Crippen molar-refractivity contribution in [3.63, 3.8) is 0 Å². The molecule has 0 bridgehead atoms. The molecule has 1 atom stereocenters. The van der Waals surface area contributed by atoms with Crippen molar-refractivity contribution in [2.45, 2.75) is 32.7 Å². The number of hydrogen-bond acceptors (Lipinski definition) is 6. The lowest BCUT2D eigenvalue weighted by atomic mass is 10.4. The standard InChI is InChI=1S/C9H15N3O3/c1-6-11-8(15-12-6)10-4-7-5-13-9(2,3)14-7/h7H,4-5H2,1-3H3,(H,10,11,12). The Kier molecular flexibility index (Phi) is 2.62. The van der Waals surface area contributed by atoms with E-state index in [1.165, 1.54) is 0 Å². The smallest absolute Gasteiger partial charge is 0.321 e. The number of hydrogen-bond donors (Lipinski definition) is 1. The lowest BCUT2D eigenvalue weighted by molar-refractivity contribution is -0.136. The molecule has 1 unspecified atom stereocenters. The van der Waals surface area contributed by atoms with E-state index in [-0.39, 0.29) is 6.10 Å². The van der Waals surface area contributed by atoms with Gasteiger partial charge >= 0.3 is 6.01 Å². The maximum atomic E-state index is 5.60. The van der Waals surface area contributed by atoms with Gasteiger partial charge < -0.3 is 19.3 Å². The van der Waals surface area contributed by atoms with Crippen LogP contribution in [0.15, 0.2) is 4.52 Å². The van der Waals surface area contributed by atoms with Crippen molar-refractivity contribution < 1.29 is 14.0 Å². The van der Waals surface area contributed by atoms with Gasteiger partial charge in [0.25, 0.3) is 0 Å². The summed E-state index contributed by atoms with van der Waals surface area (Å²) in [5, 5.41) is 6.67. The van der Waals surface area contributed by atoms with Crippen molar-refractivity contribution in [1.29, 1.82) is 0 Å². The first-order valence-electron chi connectivity index (χ1n) is 4.91. The molecule has 1 N–H and O–H groups in total. The maximum absolute atomic E-state index is 5.60. The zero-order valence-electron chi connectivity index (χ0n) is 9.11. The van der Waals surface area contributed by atoms with Crippen molar-refractivity contribution >= 4 is 6.01 Å². The van der Waals surface area contributed by atoms with Crippen LogP contribution >= 0.6 is 0 Å². The summed E-state index contributed by atoms with van der Waals surface area (Å²) in [6, 6.07) is 0.417. The van der Waals surface area contributed by atoms with E-state index in [1.807, 2.05) is 13.8 Å². The molecular formula is C9H15N3O3. The molecule has 1 aliphatic rings. The van der Waals surface area contributed by atoms with Gasteiger partial charge in [-0.15, -0.1) is 0 Å². The molecule has 15 heavy (non-hydrogen) atoms. The fraction of sp³-hybridized carbons (Fsp3) is 0.778. The summed E-state index contributed by atoms with van der Waals surface area (Å²) >= 11 is 0. The molecule has 0 spiro atoms. The van der Waals surface area contributed by atoms with E-state index in [9.17, 15) is 0 Å². The van der Waals surface area contributed by atoms with Crippen LogP contribution in [0, 0.1) is 6.92 Å². The average Bonchev–Trinajstić information content (AvgIpc) is 2.69. The van der Waals surface area contributed by atoms with Crippen molar-refractivity contribution in [2.75, 3.05) is 18.5 Å². The third-order valence-electron chi connectivity index (χ3n) is 2.08. The number of ether oxygens (including phenoxy) is 2. The number of aromatic nitrogens is 2. The SMILES string of the molecule is Cc1noc(NCC2COC(C)(C)O2)n1. The fourth-order valence-electron chi connectivity index (χ4n) is 1.43. The average molecular weight is 213 g/mol. The van der Waals surface area contributed by atoms with Crippen LogP contribution in [0.4, 0.5) is 6.01 Å². The molecule has 1 aromatic rings. The van der Waals surface area contributed by atoms with E-state index in [1.54, 1.807) is 6.92 Å². The number of nitrogens with one attached hydrogen (secondary N) is 1. The van der Waals surface area contributed by atoms with Gasteiger partial charge in [0.1, 0.15) is 6.10 Å². The van der Waals surface area contributed by atoms with Gasteiger partial charge in [0.15, 0.2) is 11.6 Å². The molecule has 1 fully saturated rings. The molecule has 1 saturated heterocycles. The molecule has 6 nitrogen and oxygen atoms in total. The van der Waals surface area contributed by atoms with Crippen molar-refractivity contribution in [1.82, 2.24) is 10.1 Å². The normalized spacial score (nSPS) is 24.3. The first-order chi connectivity index (χ1) is 7.05. The van der Waals surface area contributed by atoms with E-state index < -0.39 is 5.79 Å². The first-order valence-corrected chi connectivity index (χ1v) is 4.91. The summed E-state index contributed by atoms with van der Waals surface area (Å²) < 4.78 is 15.9. The first kappa shape index (κ1) is 10.4. The minimum Gasteiger partial charge on any atom is -0.348 e. The van der Waals surface area contributed by atoms with E-state index in [4.69, 9.17) is 14.0 Å². The predicted molar refractivity (Wildman–Crippen MR) is 52.4 cm³/mol. The Labute approximate surface area is 87.9 Å². The Hall–Kier alpha value is -1.14.